The van der Waals surface area contributed by atoms with Crippen molar-refractivity contribution < 1.29 is 17.9 Å². The molecule has 0 aromatic heterocycles. The number of anilines is 1. The van der Waals surface area contributed by atoms with E-state index in [1.54, 1.807) is 36.4 Å². The molecule has 1 amide bonds. The molecule has 1 aliphatic heterocycles. The molecular formula is C27H29ClN2O4S. The Morgan fingerprint density at radius 2 is 1.66 bits per heavy atom. The lowest BCUT2D eigenvalue weighted by atomic mass is 9.96. The van der Waals surface area contributed by atoms with Crippen LogP contribution < -0.4 is 14.4 Å². The number of hydrogen-bond donors (Lipinski definition) is 1. The van der Waals surface area contributed by atoms with E-state index < -0.39 is 16.1 Å². The minimum Gasteiger partial charge on any atom is -0.476 e. The SMILES string of the molecule is Cc1ccc(S(=O)(=O)N2C[C@@H](C(=O)N[C@@H](C)c3cc(C)c(C)cc3C)Oc3ccc(Cl)cc32)cc1. The van der Waals surface area contributed by atoms with E-state index >= 15 is 0 Å². The van der Waals surface area contributed by atoms with Crippen LogP contribution in [-0.4, -0.2) is 27.0 Å². The lowest BCUT2D eigenvalue weighted by Gasteiger charge is -2.35. The lowest BCUT2D eigenvalue weighted by Crippen LogP contribution is -2.51. The third-order valence-electron chi connectivity index (χ3n) is 6.40. The van der Waals surface area contributed by atoms with Gasteiger partial charge in [0.1, 0.15) is 5.75 Å². The van der Waals surface area contributed by atoms with Crippen molar-refractivity contribution >= 4 is 33.2 Å². The number of amides is 1. The summed E-state index contributed by atoms with van der Waals surface area (Å²) in [5.41, 5.74) is 5.67. The number of fused-ring (bicyclic) bond motifs is 1. The Kier molecular flexibility index (Phi) is 6.84. The Bertz CT molecular complexity index is 1390. The van der Waals surface area contributed by atoms with Gasteiger partial charge in [-0.1, -0.05) is 41.4 Å². The predicted octanol–water partition coefficient (Wildman–Crippen LogP) is 5.41. The van der Waals surface area contributed by atoms with Crippen LogP contribution in [0.4, 0.5) is 5.69 Å². The van der Waals surface area contributed by atoms with Gasteiger partial charge in [0.05, 0.1) is 23.2 Å². The van der Waals surface area contributed by atoms with Gasteiger partial charge in [0, 0.05) is 5.02 Å². The number of rotatable bonds is 5. The second kappa shape index (κ2) is 9.55. The molecule has 0 bridgehead atoms. The monoisotopic (exact) mass is 512 g/mol. The Balaban J connectivity index is 1.65. The molecule has 1 N–H and O–H groups in total. The van der Waals surface area contributed by atoms with Crippen molar-refractivity contribution in [3.63, 3.8) is 0 Å². The fourth-order valence-corrected chi connectivity index (χ4v) is 5.89. The number of benzene rings is 3. The first-order valence-corrected chi connectivity index (χ1v) is 13.2. The number of ether oxygens (including phenoxy) is 1. The van der Waals surface area contributed by atoms with Crippen molar-refractivity contribution in [2.45, 2.75) is 51.7 Å². The average Bonchev–Trinajstić information content (AvgIpc) is 2.80. The summed E-state index contributed by atoms with van der Waals surface area (Å²) in [6, 6.07) is 15.2. The normalized spacial score (nSPS) is 16.3. The first kappa shape index (κ1) is 25.1. The Hall–Kier alpha value is -3.03. The first-order chi connectivity index (χ1) is 16.5. The van der Waals surface area contributed by atoms with Gasteiger partial charge in [-0.15, -0.1) is 0 Å². The molecule has 0 radical (unpaired) electrons. The number of nitrogens with zero attached hydrogens (tertiary/aromatic N) is 1. The summed E-state index contributed by atoms with van der Waals surface area (Å²) < 4.78 is 34.4. The van der Waals surface area contributed by atoms with Gasteiger partial charge in [0.15, 0.2) is 6.10 Å². The Labute approximate surface area is 211 Å². The second-order valence-electron chi connectivity index (χ2n) is 9.09. The summed E-state index contributed by atoms with van der Waals surface area (Å²) >= 11 is 6.18. The van der Waals surface area contributed by atoms with Crippen LogP contribution in [0.5, 0.6) is 5.75 Å². The van der Waals surface area contributed by atoms with Crippen LogP contribution in [0.3, 0.4) is 0 Å². The average molecular weight is 513 g/mol. The molecule has 1 heterocycles. The molecule has 184 valence electrons. The zero-order valence-corrected chi connectivity index (χ0v) is 22.0. The number of aryl methyl sites for hydroxylation is 4. The minimum absolute atomic E-state index is 0.134. The summed E-state index contributed by atoms with van der Waals surface area (Å²) in [5.74, 6) is -0.105. The number of halogens is 1. The van der Waals surface area contributed by atoms with E-state index in [9.17, 15) is 13.2 Å². The number of nitrogens with one attached hydrogen (secondary N) is 1. The van der Waals surface area contributed by atoms with Crippen LogP contribution in [0.2, 0.25) is 5.02 Å². The molecule has 4 rings (SSSR count). The maximum Gasteiger partial charge on any atom is 0.264 e. The molecular weight excluding hydrogens is 484 g/mol. The summed E-state index contributed by atoms with van der Waals surface area (Å²) in [6.45, 7) is 9.72. The quantitative estimate of drug-likeness (QED) is 0.496. The molecule has 0 saturated carbocycles. The highest BCUT2D eigenvalue weighted by atomic mass is 35.5. The molecule has 0 aliphatic carbocycles. The van der Waals surface area contributed by atoms with Gasteiger partial charge >= 0.3 is 0 Å². The first-order valence-electron chi connectivity index (χ1n) is 11.4. The topological polar surface area (TPSA) is 75.7 Å². The van der Waals surface area contributed by atoms with E-state index in [2.05, 4.69) is 24.4 Å². The van der Waals surface area contributed by atoms with Gasteiger partial charge in [-0.25, -0.2) is 8.42 Å². The van der Waals surface area contributed by atoms with Crippen molar-refractivity contribution in [2.75, 3.05) is 10.8 Å². The van der Waals surface area contributed by atoms with E-state index in [1.165, 1.54) is 15.9 Å². The molecule has 6 nitrogen and oxygen atoms in total. The molecule has 0 unspecified atom stereocenters. The van der Waals surface area contributed by atoms with E-state index in [0.717, 1.165) is 22.3 Å². The minimum atomic E-state index is -3.96. The van der Waals surface area contributed by atoms with Crippen molar-refractivity contribution in [1.29, 1.82) is 0 Å². The predicted molar refractivity (Wildman–Crippen MR) is 139 cm³/mol. The summed E-state index contributed by atoms with van der Waals surface area (Å²) in [4.78, 5) is 13.4. The number of carbonyl (C=O) groups excluding carboxylic acids is 1. The maximum absolute atomic E-state index is 13.6. The molecule has 3 aromatic rings. The van der Waals surface area contributed by atoms with Crippen LogP contribution in [0.15, 0.2) is 59.5 Å². The largest absolute Gasteiger partial charge is 0.476 e. The van der Waals surface area contributed by atoms with Gasteiger partial charge in [-0.2, -0.15) is 0 Å². The van der Waals surface area contributed by atoms with Crippen LogP contribution >= 0.6 is 11.6 Å². The Morgan fingerprint density at radius 1 is 1.00 bits per heavy atom. The highest BCUT2D eigenvalue weighted by Gasteiger charge is 2.38. The smallest absolute Gasteiger partial charge is 0.264 e. The van der Waals surface area contributed by atoms with E-state index in [1.807, 2.05) is 27.7 Å². The summed E-state index contributed by atoms with van der Waals surface area (Å²) in [7, 11) is -3.96. The summed E-state index contributed by atoms with van der Waals surface area (Å²) in [5, 5.41) is 3.38. The molecule has 2 atom stereocenters. The maximum atomic E-state index is 13.6. The Morgan fingerprint density at radius 3 is 2.34 bits per heavy atom. The van der Waals surface area contributed by atoms with Crippen LogP contribution in [-0.2, 0) is 14.8 Å². The van der Waals surface area contributed by atoms with Crippen molar-refractivity contribution in [3.05, 3.63) is 87.4 Å². The van der Waals surface area contributed by atoms with Crippen LogP contribution in [0.1, 0.15) is 40.8 Å². The molecule has 1 aliphatic rings. The van der Waals surface area contributed by atoms with E-state index in [4.69, 9.17) is 16.3 Å². The standard InChI is InChI=1S/C27H29ClN2O4S/c1-16-6-9-22(10-7-16)35(32,33)30-15-26(34-25-11-8-21(28)14-24(25)30)27(31)29-20(5)23-13-18(3)17(2)12-19(23)4/h6-14,20,26H,15H2,1-5H3,(H,29,31)/t20-,26-/m0/s1. The van der Waals surface area contributed by atoms with Crippen molar-refractivity contribution in [3.8, 4) is 5.75 Å². The van der Waals surface area contributed by atoms with Crippen molar-refractivity contribution in [2.24, 2.45) is 0 Å². The third kappa shape index (κ3) is 5.02. The fraction of sp³-hybridized carbons (Fsp3) is 0.296. The highest BCUT2D eigenvalue weighted by molar-refractivity contribution is 7.92. The molecule has 3 aromatic carbocycles. The molecule has 35 heavy (non-hydrogen) atoms. The molecule has 0 saturated heterocycles. The lowest BCUT2D eigenvalue weighted by molar-refractivity contribution is -0.128. The number of hydrogen-bond acceptors (Lipinski definition) is 4. The van der Waals surface area contributed by atoms with Crippen molar-refractivity contribution in [1.82, 2.24) is 5.32 Å². The number of carbonyl (C=O) groups is 1. The summed E-state index contributed by atoms with van der Waals surface area (Å²) in [6.07, 6.45) is -1.03. The molecule has 8 heteroatoms. The van der Waals surface area contributed by atoms with Gasteiger partial charge in [0.25, 0.3) is 15.9 Å². The zero-order valence-electron chi connectivity index (χ0n) is 20.4. The van der Waals surface area contributed by atoms with Gasteiger partial charge in [-0.3, -0.25) is 9.10 Å². The molecule has 0 spiro atoms. The van der Waals surface area contributed by atoms with E-state index in [0.29, 0.717) is 10.7 Å². The van der Waals surface area contributed by atoms with Crippen LogP contribution in [0, 0.1) is 27.7 Å². The number of sulfonamides is 1. The zero-order chi connectivity index (χ0) is 25.5. The second-order valence-corrected chi connectivity index (χ2v) is 11.4. The molecule has 0 fully saturated rings. The highest BCUT2D eigenvalue weighted by Crippen LogP contribution is 2.39. The fourth-order valence-electron chi connectivity index (χ4n) is 4.26. The van der Waals surface area contributed by atoms with E-state index in [-0.39, 0.29) is 29.1 Å². The van der Waals surface area contributed by atoms with Gasteiger partial charge in [0.2, 0.25) is 0 Å². The third-order valence-corrected chi connectivity index (χ3v) is 8.43. The van der Waals surface area contributed by atoms with Gasteiger partial charge in [-0.05, 0) is 87.2 Å². The van der Waals surface area contributed by atoms with Gasteiger partial charge < -0.3 is 10.1 Å². The van der Waals surface area contributed by atoms with Crippen LogP contribution in [0.25, 0.3) is 0 Å².